The molecule has 0 heterocycles. The Hall–Kier alpha value is -0.780. The number of hydrogen-bond acceptors (Lipinski definition) is 3. The number of ketones is 1. The van der Waals surface area contributed by atoms with Crippen molar-refractivity contribution in [3.05, 3.63) is 34.1 Å². The fourth-order valence-corrected chi connectivity index (χ4v) is 1.87. The van der Waals surface area contributed by atoms with Crippen molar-refractivity contribution in [2.45, 2.75) is 26.6 Å². The molecule has 100 valence electrons. The highest BCUT2D eigenvalue weighted by Gasteiger charge is 2.18. The summed E-state index contributed by atoms with van der Waals surface area (Å²) in [4.78, 5) is 12.0. The van der Waals surface area contributed by atoms with Crippen molar-refractivity contribution in [2.24, 2.45) is 0 Å². The second-order valence-electron chi connectivity index (χ2n) is 3.59. The first-order chi connectivity index (χ1) is 8.58. The van der Waals surface area contributed by atoms with Crippen LogP contribution in [0.1, 0.15) is 30.6 Å². The van der Waals surface area contributed by atoms with E-state index in [-0.39, 0.29) is 17.8 Å². The second-order valence-corrected chi connectivity index (χ2v) is 4.51. The average Bonchev–Trinajstić information content (AvgIpc) is 2.33. The van der Waals surface area contributed by atoms with Gasteiger partial charge in [0.2, 0.25) is 0 Å². The maximum absolute atomic E-state index is 13.5. The molecule has 0 unspecified atom stereocenters. The third-order valence-corrected chi connectivity index (χ3v) is 2.78. The van der Waals surface area contributed by atoms with Crippen molar-refractivity contribution in [2.75, 3.05) is 13.2 Å². The number of Topliss-reactive ketones (excluding diaryl/α,β-unsaturated/α-hetero) is 1. The van der Waals surface area contributed by atoms with E-state index in [9.17, 15) is 9.18 Å². The number of carbonyl (C=O) groups is 1. The fraction of sp³-hybridized carbons (Fsp3) is 0.462. The van der Waals surface area contributed by atoms with E-state index < -0.39 is 12.1 Å². The second kappa shape index (κ2) is 7.61. The quantitative estimate of drug-likeness (QED) is 0.569. The van der Waals surface area contributed by atoms with Crippen LogP contribution < -0.4 is 0 Å². The van der Waals surface area contributed by atoms with Gasteiger partial charge < -0.3 is 9.47 Å². The van der Waals surface area contributed by atoms with Crippen LogP contribution in [0.25, 0.3) is 0 Å². The minimum Gasteiger partial charge on any atom is -0.352 e. The monoisotopic (exact) mass is 318 g/mol. The number of hydrogen-bond donors (Lipinski definition) is 0. The molecule has 18 heavy (non-hydrogen) atoms. The Morgan fingerprint density at radius 2 is 1.94 bits per heavy atom. The standard InChI is InChI=1S/C13H16BrFO3/c1-3-17-13(18-4-2)8-12(16)10-7-9(14)5-6-11(10)15/h5-7,13H,3-4,8H2,1-2H3. The molecule has 0 N–H and O–H groups in total. The zero-order chi connectivity index (χ0) is 13.5. The Morgan fingerprint density at radius 1 is 1.33 bits per heavy atom. The Balaban J connectivity index is 2.76. The summed E-state index contributed by atoms with van der Waals surface area (Å²) < 4.78 is 24.7. The average molecular weight is 319 g/mol. The Labute approximate surface area is 114 Å². The van der Waals surface area contributed by atoms with Crippen molar-refractivity contribution in [3.8, 4) is 0 Å². The molecule has 3 nitrogen and oxygen atoms in total. The minimum absolute atomic E-state index is 0.00898. The van der Waals surface area contributed by atoms with Crippen molar-refractivity contribution in [1.29, 1.82) is 0 Å². The van der Waals surface area contributed by atoms with Gasteiger partial charge in [0, 0.05) is 17.7 Å². The first kappa shape index (κ1) is 15.3. The molecule has 0 bridgehead atoms. The fourth-order valence-electron chi connectivity index (χ4n) is 1.51. The predicted octanol–water partition coefficient (Wildman–Crippen LogP) is 3.56. The molecule has 1 rings (SSSR count). The molecule has 0 aliphatic rings. The van der Waals surface area contributed by atoms with E-state index in [0.717, 1.165) is 0 Å². The summed E-state index contributed by atoms with van der Waals surface area (Å²) in [6.45, 7) is 4.52. The third-order valence-electron chi connectivity index (χ3n) is 2.29. The maximum Gasteiger partial charge on any atom is 0.170 e. The van der Waals surface area contributed by atoms with Gasteiger partial charge in [-0.2, -0.15) is 0 Å². The van der Waals surface area contributed by atoms with Gasteiger partial charge in [-0.25, -0.2) is 4.39 Å². The zero-order valence-electron chi connectivity index (χ0n) is 10.4. The normalized spacial score (nSPS) is 10.9. The molecule has 0 spiro atoms. The highest BCUT2D eigenvalue weighted by atomic mass is 79.9. The molecule has 0 saturated heterocycles. The molecular weight excluding hydrogens is 303 g/mol. The van der Waals surface area contributed by atoms with Gasteiger partial charge in [-0.3, -0.25) is 4.79 Å². The molecule has 0 fully saturated rings. The van der Waals surface area contributed by atoms with Crippen LogP contribution in [-0.2, 0) is 9.47 Å². The molecule has 5 heteroatoms. The number of benzene rings is 1. The van der Waals surface area contributed by atoms with Gasteiger partial charge in [-0.1, -0.05) is 15.9 Å². The van der Waals surface area contributed by atoms with E-state index in [1.807, 2.05) is 13.8 Å². The van der Waals surface area contributed by atoms with Crippen LogP contribution in [0, 0.1) is 5.82 Å². The number of halogens is 2. The largest absolute Gasteiger partial charge is 0.352 e. The molecular formula is C13H16BrFO3. The zero-order valence-corrected chi connectivity index (χ0v) is 12.0. The lowest BCUT2D eigenvalue weighted by molar-refractivity contribution is -0.133. The van der Waals surface area contributed by atoms with Gasteiger partial charge >= 0.3 is 0 Å². The molecule has 0 atom stereocenters. The highest BCUT2D eigenvalue weighted by molar-refractivity contribution is 9.10. The summed E-state index contributed by atoms with van der Waals surface area (Å²) >= 11 is 3.21. The number of ether oxygens (including phenoxy) is 2. The summed E-state index contributed by atoms with van der Waals surface area (Å²) in [6, 6.07) is 4.27. The van der Waals surface area contributed by atoms with Gasteiger partial charge in [0.05, 0.1) is 12.0 Å². The van der Waals surface area contributed by atoms with Gasteiger partial charge in [-0.15, -0.1) is 0 Å². The molecule has 0 radical (unpaired) electrons. The Morgan fingerprint density at radius 3 is 2.50 bits per heavy atom. The number of rotatable bonds is 7. The smallest absolute Gasteiger partial charge is 0.170 e. The predicted molar refractivity (Wildman–Crippen MR) is 70.1 cm³/mol. The molecule has 1 aromatic rings. The summed E-state index contributed by atoms with van der Waals surface area (Å²) in [7, 11) is 0. The van der Waals surface area contributed by atoms with E-state index in [1.165, 1.54) is 12.1 Å². The van der Waals surface area contributed by atoms with E-state index in [0.29, 0.717) is 17.7 Å². The van der Waals surface area contributed by atoms with Gasteiger partial charge in [0.25, 0.3) is 0 Å². The van der Waals surface area contributed by atoms with Crippen LogP contribution in [0.15, 0.2) is 22.7 Å². The van der Waals surface area contributed by atoms with Crippen LogP contribution >= 0.6 is 15.9 Å². The van der Waals surface area contributed by atoms with E-state index in [2.05, 4.69) is 15.9 Å². The summed E-state index contributed by atoms with van der Waals surface area (Å²) in [5.41, 5.74) is 0.0498. The van der Waals surface area contributed by atoms with Gasteiger partial charge in [0.15, 0.2) is 12.1 Å². The molecule has 0 aromatic heterocycles. The lowest BCUT2D eigenvalue weighted by Crippen LogP contribution is -2.22. The Bertz CT molecular complexity index is 403. The summed E-state index contributed by atoms with van der Waals surface area (Å²) in [6.07, 6.45) is -0.611. The molecule has 0 aliphatic carbocycles. The maximum atomic E-state index is 13.5. The van der Waals surface area contributed by atoms with Crippen molar-refractivity contribution >= 4 is 21.7 Å². The van der Waals surface area contributed by atoms with E-state index >= 15 is 0 Å². The van der Waals surface area contributed by atoms with Crippen LogP contribution in [0.3, 0.4) is 0 Å². The van der Waals surface area contributed by atoms with Gasteiger partial charge in [0.1, 0.15) is 5.82 Å². The third kappa shape index (κ3) is 4.48. The minimum atomic E-state index is -0.620. The highest BCUT2D eigenvalue weighted by Crippen LogP contribution is 2.18. The molecule has 0 amide bonds. The van der Waals surface area contributed by atoms with E-state index in [4.69, 9.17) is 9.47 Å². The lowest BCUT2D eigenvalue weighted by Gasteiger charge is -2.16. The summed E-state index contributed by atoms with van der Waals surface area (Å²) in [5, 5.41) is 0. The summed E-state index contributed by atoms with van der Waals surface area (Å²) in [5.74, 6) is -0.865. The van der Waals surface area contributed by atoms with E-state index in [1.54, 1.807) is 6.07 Å². The lowest BCUT2D eigenvalue weighted by atomic mass is 10.1. The molecule has 1 aromatic carbocycles. The first-order valence-corrected chi connectivity index (χ1v) is 6.59. The van der Waals surface area contributed by atoms with Gasteiger partial charge in [-0.05, 0) is 32.0 Å². The van der Waals surface area contributed by atoms with Crippen LogP contribution in [0.4, 0.5) is 4.39 Å². The topological polar surface area (TPSA) is 35.5 Å². The van der Waals surface area contributed by atoms with Crippen molar-refractivity contribution < 1.29 is 18.7 Å². The Kier molecular flexibility index (Phi) is 6.46. The van der Waals surface area contributed by atoms with Crippen molar-refractivity contribution in [1.82, 2.24) is 0 Å². The molecule has 0 saturated carbocycles. The van der Waals surface area contributed by atoms with Crippen molar-refractivity contribution in [3.63, 3.8) is 0 Å². The first-order valence-electron chi connectivity index (χ1n) is 5.79. The van der Waals surface area contributed by atoms with Crippen LogP contribution in [0.5, 0.6) is 0 Å². The number of carbonyl (C=O) groups excluding carboxylic acids is 1. The van der Waals surface area contributed by atoms with Crippen LogP contribution in [0.2, 0.25) is 0 Å². The SMILES string of the molecule is CCOC(CC(=O)c1cc(Br)ccc1F)OCC. The van der Waals surface area contributed by atoms with Crippen LogP contribution in [-0.4, -0.2) is 25.3 Å². The molecule has 0 aliphatic heterocycles.